The van der Waals surface area contributed by atoms with Crippen molar-refractivity contribution in [2.24, 2.45) is 4.99 Å². The van der Waals surface area contributed by atoms with Gasteiger partial charge in [0, 0.05) is 17.3 Å². The van der Waals surface area contributed by atoms with Crippen LogP contribution < -0.4 is 15.5 Å². The fraction of sp³-hybridized carbons (Fsp3) is 0.160. The predicted octanol–water partition coefficient (Wildman–Crippen LogP) is 3.81. The number of fused-ring (bicyclic) bond motifs is 1. The summed E-state index contributed by atoms with van der Waals surface area (Å²) < 4.78 is 32.6. The highest BCUT2D eigenvalue weighted by molar-refractivity contribution is 6.19. The number of hydrogen-bond acceptors (Lipinski definition) is 8. The Morgan fingerprint density at radius 1 is 0.972 bits per heavy atom. The Balaban J connectivity index is 1.31. The molecule has 9 nitrogen and oxygen atoms in total. The van der Waals surface area contributed by atoms with Gasteiger partial charge in [0.25, 0.3) is 17.7 Å². The lowest BCUT2D eigenvalue weighted by Crippen LogP contribution is -2.56. The lowest BCUT2D eigenvalue weighted by Gasteiger charge is -2.40. The van der Waals surface area contributed by atoms with Gasteiger partial charge >= 0.3 is 6.01 Å². The van der Waals surface area contributed by atoms with Crippen molar-refractivity contribution in [2.45, 2.75) is 12.1 Å². The van der Waals surface area contributed by atoms with E-state index in [1.807, 2.05) is 54.6 Å². The van der Waals surface area contributed by atoms with E-state index in [0.29, 0.717) is 22.8 Å². The van der Waals surface area contributed by atoms with Crippen molar-refractivity contribution >= 4 is 29.1 Å². The van der Waals surface area contributed by atoms with Gasteiger partial charge in [-0.3, -0.25) is 4.79 Å². The van der Waals surface area contributed by atoms with Crippen LogP contribution in [-0.4, -0.2) is 52.0 Å². The molecular formula is C25H19F2N7O2. The maximum atomic E-state index is 13.4. The number of aromatic nitrogens is 3. The summed E-state index contributed by atoms with van der Waals surface area (Å²) in [4.78, 5) is 23.4. The molecule has 6 rings (SSSR count). The topological polar surface area (TPSA) is 109 Å². The SMILES string of the molecule is O=C1Nc2ccccc2C(c2ccccc2)=NC1Nc1nnc(-c2cccnc2N2CC(F)(F)C2)o1. The minimum Gasteiger partial charge on any atom is -0.403 e. The Morgan fingerprint density at radius 2 is 1.72 bits per heavy atom. The first-order valence-corrected chi connectivity index (χ1v) is 11.2. The van der Waals surface area contributed by atoms with Gasteiger partial charge in [0.05, 0.1) is 30.1 Å². The third-order valence-electron chi connectivity index (χ3n) is 5.84. The van der Waals surface area contributed by atoms with E-state index in [0.717, 1.165) is 11.1 Å². The van der Waals surface area contributed by atoms with E-state index >= 15 is 0 Å². The molecule has 4 heterocycles. The average molecular weight is 487 g/mol. The van der Waals surface area contributed by atoms with E-state index in [2.05, 4.69) is 25.8 Å². The molecule has 0 radical (unpaired) electrons. The number of benzene rings is 2. The number of halogens is 2. The van der Waals surface area contributed by atoms with E-state index in [1.165, 1.54) is 11.1 Å². The Labute approximate surface area is 203 Å². The summed E-state index contributed by atoms with van der Waals surface area (Å²) in [5.41, 5.74) is 3.28. The number of alkyl halides is 2. The van der Waals surface area contributed by atoms with Crippen LogP contribution in [0.1, 0.15) is 11.1 Å². The summed E-state index contributed by atoms with van der Waals surface area (Å²) in [7, 11) is 0. The molecule has 2 aliphatic rings. The molecule has 0 aliphatic carbocycles. The first-order chi connectivity index (χ1) is 17.5. The van der Waals surface area contributed by atoms with Gasteiger partial charge in [0.1, 0.15) is 5.82 Å². The molecule has 2 aliphatic heterocycles. The van der Waals surface area contributed by atoms with Crippen LogP contribution in [-0.2, 0) is 4.79 Å². The van der Waals surface area contributed by atoms with Gasteiger partial charge in [0.15, 0.2) is 0 Å². The molecule has 0 bridgehead atoms. The molecule has 1 amide bonds. The molecule has 4 aromatic rings. The van der Waals surface area contributed by atoms with Gasteiger partial charge < -0.3 is 20.0 Å². The van der Waals surface area contributed by atoms with Crippen LogP contribution >= 0.6 is 0 Å². The van der Waals surface area contributed by atoms with Gasteiger partial charge in [0.2, 0.25) is 6.17 Å². The number of amides is 1. The van der Waals surface area contributed by atoms with E-state index in [9.17, 15) is 13.6 Å². The summed E-state index contributed by atoms with van der Waals surface area (Å²) in [5, 5.41) is 13.8. The highest BCUT2D eigenvalue weighted by Crippen LogP contribution is 2.36. The molecule has 1 unspecified atom stereocenters. The second kappa shape index (κ2) is 8.52. The largest absolute Gasteiger partial charge is 0.403 e. The Kier molecular flexibility index (Phi) is 5.17. The highest BCUT2D eigenvalue weighted by atomic mass is 19.3. The highest BCUT2D eigenvalue weighted by Gasteiger charge is 2.45. The maximum Gasteiger partial charge on any atom is 0.317 e. The number of benzodiazepines with no additional fused rings is 1. The minimum absolute atomic E-state index is 0.0454. The van der Waals surface area contributed by atoms with Gasteiger partial charge in [-0.2, -0.15) is 0 Å². The standard InChI is InChI=1S/C25H19F2N7O2/c26-25(27)13-34(14-25)21-17(10-6-12-28-21)23-32-33-24(36-23)31-20-22(35)29-18-11-5-4-9-16(18)19(30-20)15-7-2-1-3-8-15/h1-12,20H,13-14H2,(H,29,35)(H,31,33). The molecule has 1 fully saturated rings. The zero-order valence-corrected chi connectivity index (χ0v) is 18.7. The molecular weight excluding hydrogens is 468 g/mol. The number of hydrogen-bond donors (Lipinski definition) is 2. The number of carbonyl (C=O) groups excluding carboxylic acids is 1. The second-order valence-electron chi connectivity index (χ2n) is 8.42. The monoisotopic (exact) mass is 487 g/mol. The van der Waals surface area contributed by atoms with Crippen LogP contribution in [0.25, 0.3) is 11.5 Å². The molecule has 0 spiro atoms. The lowest BCUT2D eigenvalue weighted by atomic mass is 10.0. The molecule has 2 aromatic heterocycles. The molecule has 36 heavy (non-hydrogen) atoms. The summed E-state index contributed by atoms with van der Waals surface area (Å²) in [6.07, 6.45) is 0.446. The van der Waals surface area contributed by atoms with E-state index in [1.54, 1.807) is 12.1 Å². The number of nitrogens with zero attached hydrogens (tertiary/aromatic N) is 5. The first kappa shape index (κ1) is 21.8. The van der Waals surface area contributed by atoms with Gasteiger partial charge in [-0.1, -0.05) is 53.6 Å². The van der Waals surface area contributed by atoms with Crippen molar-refractivity contribution in [3.63, 3.8) is 0 Å². The number of pyridine rings is 1. The predicted molar refractivity (Wildman–Crippen MR) is 129 cm³/mol. The zero-order chi connectivity index (χ0) is 24.7. The first-order valence-electron chi connectivity index (χ1n) is 11.2. The van der Waals surface area contributed by atoms with Gasteiger partial charge in [-0.05, 0) is 18.2 Å². The zero-order valence-electron chi connectivity index (χ0n) is 18.7. The van der Waals surface area contributed by atoms with Crippen molar-refractivity contribution in [2.75, 3.05) is 28.6 Å². The number of carbonyl (C=O) groups is 1. The van der Waals surface area contributed by atoms with Crippen LogP contribution in [0.2, 0.25) is 0 Å². The molecule has 180 valence electrons. The number of aliphatic imine (C=N–C) groups is 1. The van der Waals surface area contributed by atoms with Crippen molar-refractivity contribution in [3.8, 4) is 11.5 Å². The number of rotatable bonds is 5. The van der Waals surface area contributed by atoms with Crippen LogP contribution in [0.5, 0.6) is 0 Å². The van der Waals surface area contributed by atoms with Crippen molar-refractivity contribution in [3.05, 3.63) is 84.1 Å². The summed E-state index contributed by atoms with van der Waals surface area (Å²) in [5.74, 6) is -2.75. The summed E-state index contributed by atoms with van der Waals surface area (Å²) in [6, 6.07) is 20.2. The minimum atomic E-state index is -2.75. The van der Waals surface area contributed by atoms with Gasteiger partial charge in [-0.15, -0.1) is 5.10 Å². The fourth-order valence-electron chi connectivity index (χ4n) is 4.17. The summed E-state index contributed by atoms with van der Waals surface area (Å²) >= 11 is 0. The molecule has 0 saturated carbocycles. The second-order valence-corrected chi connectivity index (χ2v) is 8.42. The third-order valence-corrected chi connectivity index (χ3v) is 5.84. The van der Waals surface area contributed by atoms with E-state index in [-0.39, 0.29) is 11.9 Å². The third kappa shape index (κ3) is 4.04. The van der Waals surface area contributed by atoms with Crippen molar-refractivity contribution < 1.29 is 18.0 Å². The van der Waals surface area contributed by atoms with E-state index in [4.69, 9.17) is 9.41 Å². The van der Waals surface area contributed by atoms with Crippen LogP contribution in [0.15, 0.2) is 82.3 Å². The number of anilines is 3. The molecule has 2 aromatic carbocycles. The summed E-state index contributed by atoms with van der Waals surface area (Å²) in [6.45, 7) is -0.869. The molecule has 1 saturated heterocycles. The van der Waals surface area contributed by atoms with Crippen LogP contribution in [0.3, 0.4) is 0 Å². The molecule has 1 atom stereocenters. The van der Waals surface area contributed by atoms with Crippen LogP contribution in [0.4, 0.5) is 26.3 Å². The van der Waals surface area contributed by atoms with Crippen LogP contribution in [0, 0.1) is 0 Å². The lowest BCUT2D eigenvalue weighted by molar-refractivity contribution is -0.116. The number of para-hydroxylation sites is 1. The fourth-order valence-corrected chi connectivity index (χ4v) is 4.17. The van der Waals surface area contributed by atoms with Gasteiger partial charge in [-0.25, -0.2) is 18.8 Å². The normalized spacial score (nSPS) is 18.4. The van der Waals surface area contributed by atoms with E-state index < -0.39 is 31.1 Å². The van der Waals surface area contributed by atoms with Crippen molar-refractivity contribution in [1.82, 2.24) is 15.2 Å². The Morgan fingerprint density at radius 3 is 2.53 bits per heavy atom. The number of nitrogens with one attached hydrogen (secondary N) is 2. The molecule has 2 N–H and O–H groups in total. The maximum absolute atomic E-state index is 13.4. The Hall–Kier alpha value is -4.67. The Bertz CT molecular complexity index is 1460. The quantitative estimate of drug-likeness (QED) is 0.441. The smallest absolute Gasteiger partial charge is 0.317 e. The molecule has 11 heteroatoms. The average Bonchev–Trinajstić information content (AvgIpc) is 3.29. The van der Waals surface area contributed by atoms with Crippen molar-refractivity contribution in [1.29, 1.82) is 0 Å².